The highest BCUT2D eigenvalue weighted by molar-refractivity contribution is 7.89. The van der Waals surface area contributed by atoms with Crippen molar-refractivity contribution >= 4 is 20.9 Å². The van der Waals surface area contributed by atoms with Crippen LogP contribution in [0, 0.1) is 12.7 Å². The molecule has 2 aromatic carbocycles. The number of nitrogens with zero attached hydrogens (tertiary/aromatic N) is 6. The molecule has 1 saturated heterocycles. The van der Waals surface area contributed by atoms with E-state index < -0.39 is 10.0 Å². The minimum Gasteiger partial charge on any atom is -0.305 e. The van der Waals surface area contributed by atoms with Crippen molar-refractivity contribution in [2.75, 3.05) is 13.1 Å². The largest absolute Gasteiger partial charge is 0.305 e. The molecule has 5 rings (SSSR count). The van der Waals surface area contributed by atoms with Crippen molar-refractivity contribution in [3.05, 3.63) is 65.7 Å². The number of benzene rings is 2. The number of hydrogen-bond donors (Lipinski definition) is 1. The molecule has 1 fully saturated rings. The molecule has 4 aromatic rings. The first kappa shape index (κ1) is 21.7. The lowest BCUT2D eigenvalue weighted by molar-refractivity contribution is 0.253. The Morgan fingerprint density at radius 3 is 2.55 bits per heavy atom. The smallest absolute Gasteiger partial charge is 0.264 e. The molecule has 0 radical (unpaired) electrons. The molecule has 0 bridgehead atoms. The highest BCUT2D eigenvalue weighted by atomic mass is 32.2. The van der Waals surface area contributed by atoms with Gasteiger partial charge in [0.25, 0.3) is 10.0 Å². The number of sulfonamides is 1. The Balaban J connectivity index is 1.49. The summed E-state index contributed by atoms with van der Waals surface area (Å²) in [7, 11) is -2.16. The number of aromatic nitrogens is 5. The number of aryl methyl sites for hydroxylation is 2. The Morgan fingerprint density at radius 1 is 1.09 bits per heavy atom. The number of rotatable bonds is 4. The Morgan fingerprint density at radius 2 is 1.85 bits per heavy atom. The quantitative estimate of drug-likeness (QED) is 0.493. The van der Waals surface area contributed by atoms with E-state index in [1.54, 1.807) is 30.1 Å². The maximum atomic E-state index is 13.3. The number of hydrogen-bond acceptors (Lipinski definition) is 6. The van der Waals surface area contributed by atoms with Gasteiger partial charge in [-0.25, -0.2) is 17.5 Å². The first-order chi connectivity index (χ1) is 15.7. The maximum Gasteiger partial charge on any atom is 0.264 e. The van der Waals surface area contributed by atoms with Crippen LogP contribution in [-0.2, 0) is 17.1 Å². The molecule has 11 heteroatoms. The second-order valence-corrected chi connectivity index (χ2v) is 10.3. The summed E-state index contributed by atoms with van der Waals surface area (Å²) in [4.78, 5) is 1.24. The molecule has 0 aliphatic carbocycles. The third-order valence-electron chi connectivity index (χ3n) is 5.93. The van der Waals surface area contributed by atoms with Gasteiger partial charge in [-0.3, -0.25) is 0 Å². The molecule has 2 unspecified atom stereocenters. The van der Waals surface area contributed by atoms with Gasteiger partial charge in [0.1, 0.15) is 5.82 Å². The zero-order chi connectivity index (χ0) is 23.3. The van der Waals surface area contributed by atoms with Crippen LogP contribution in [0.5, 0.6) is 0 Å². The van der Waals surface area contributed by atoms with E-state index in [1.807, 2.05) is 26.0 Å². The maximum absolute atomic E-state index is 13.3. The Labute approximate surface area is 190 Å². The molecule has 0 amide bonds. The number of nitrogens with one attached hydrogen (secondary N) is 1. The van der Waals surface area contributed by atoms with Gasteiger partial charge in [-0.05, 0) is 61.4 Å². The standard InChI is InChI=1S/C22H24FN7O2S/c1-14-8-21-16(10-25-30(21)18-6-4-17(23)5-7-18)9-19(14)20-13-29(12-15(2)26-20)33(31,32)22-11-24-28(3)27-22/h4-11,15,20,26H,12-13H2,1-3H3. The fraction of sp³-hybridized carbons (Fsp3) is 0.318. The Kier molecular flexibility index (Phi) is 5.26. The Bertz CT molecular complexity index is 1430. The second-order valence-electron chi connectivity index (χ2n) is 8.41. The average Bonchev–Trinajstić information content (AvgIpc) is 3.40. The van der Waals surface area contributed by atoms with Crippen LogP contribution in [0.2, 0.25) is 0 Å². The van der Waals surface area contributed by atoms with E-state index in [9.17, 15) is 12.8 Å². The van der Waals surface area contributed by atoms with E-state index in [0.29, 0.717) is 6.54 Å². The number of piperazine rings is 1. The van der Waals surface area contributed by atoms with Crippen molar-refractivity contribution in [1.29, 1.82) is 0 Å². The fourth-order valence-corrected chi connectivity index (χ4v) is 5.79. The van der Waals surface area contributed by atoms with E-state index in [4.69, 9.17) is 0 Å². The lowest BCUT2D eigenvalue weighted by Gasteiger charge is -2.37. The second kappa shape index (κ2) is 8.01. The summed E-state index contributed by atoms with van der Waals surface area (Å²) in [6.45, 7) is 4.59. The molecule has 33 heavy (non-hydrogen) atoms. The van der Waals surface area contributed by atoms with Crippen LogP contribution in [0.3, 0.4) is 0 Å². The molecule has 1 N–H and O–H groups in total. The van der Waals surface area contributed by atoms with Gasteiger partial charge in [0.05, 0.1) is 23.6 Å². The van der Waals surface area contributed by atoms with Gasteiger partial charge in [0, 0.05) is 37.6 Å². The lowest BCUT2D eigenvalue weighted by Crippen LogP contribution is -2.53. The minimum atomic E-state index is -3.75. The monoisotopic (exact) mass is 469 g/mol. The van der Waals surface area contributed by atoms with E-state index in [0.717, 1.165) is 27.7 Å². The summed E-state index contributed by atoms with van der Waals surface area (Å²) < 4.78 is 42.9. The predicted octanol–water partition coefficient (Wildman–Crippen LogP) is 2.33. The van der Waals surface area contributed by atoms with Crippen LogP contribution in [0.15, 0.2) is 53.8 Å². The van der Waals surface area contributed by atoms with Gasteiger partial charge >= 0.3 is 0 Å². The van der Waals surface area contributed by atoms with Gasteiger partial charge in [-0.2, -0.15) is 19.3 Å². The highest BCUT2D eigenvalue weighted by Gasteiger charge is 2.35. The van der Waals surface area contributed by atoms with Crippen LogP contribution >= 0.6 is 0 Å². The third kappa shape index (κ3) is 3.92. The van der Waals surface area contributed by atoms with Crippen LogP contribution in [-0.4, -0.2) is 56.6 Å². The molecule has 1 aliphatic heterocycles. The highest BCUT2D eigenvalue weighted by Crippen LogP contribution is 2.30. The first-order valence-electron chi connectivity index (χ1n) is 10.6. The van der Waals surface area contributed by atoms with Crippen molar-refractivity contribution in [3.8, 4) is 5.69 Å². The minimum absolute atomic E-state index is 0.0489. The van der Waals surface area contributed by atoms with Gasteiger partial charge in [0.2, 0.25) is 5.03 Å². The zero-order valence-electron chi connectivity index (χ0n) is 18.5. The van der Waals surface area contributed by atoms with Crippen LogP contribution in [0.4, 0.5) is 4.39 Å². The topological polar surface area (TPSA) is 97.9 Å². The fourth-order valence-electron chi connectivity index (χ4n) is 4.35. The molecule has 172 valence electrons. The summed E-state index contributed by atoms with van der Waals surface area (Å²) in [6.07, 6.45) is 3.04. The van der Waals surface area contributed by atoms with Crippen LogP contribution in [0.1, 0.15) is 24.1 Å². The zero-order valence-corrected chi connectivity index (χ0v) is 19.3. The number of fused-ring (bicyclic) bond motifs is 1. The van der Waals surface area contributed by atoms with Crippen LogP contribution < -0.4 is 5.32 Å². The van der Waals surface area contributed by atoms with Gasteiger partial charge in [-0.15, -0.1) is 5.10 Å². The van der Waals surface area contributed by atoms with E-state index >= 15 is 0 Å². The lowest BCUT2D eigenvalue weighted by atomic mass is 9.97. The van der Waals surface area contributed by atoms with Crippen LogP contribution in [0.25, 0.3) is 16.6 Å². The van der Waals surface area contributed by atoms with Crippen molar-refractivity contribution in [3.63, 3.8) is 0 Å². The molecule has 9 nitrogen and oxygen atoms in total. The summed E-state index contributed by atoms with van der Waals surface area (Å²) >= 11 is 0. The summed E-state index contributed by atoms with van der Waals surface area (Å²) in [5.41, 5.74) is 3.68. The molecule has 2 aromatic heterocycles. The Hall–Kier alpha value is -3.15. The summed E-state index contributed by atoms with van der Waals surface area (Å²) in [5, 5.41) is 16.8. The molecular formula is C22H24FN7O2S. The number of halogens is 1. The summed E-state index contributed by atoms with van der Waals surface area (Å²) in [5.74, 6) is -0.299. The average molecular weight is 470 g/mol. The van der Waals surface area contributed by atoms with Crippen molar-refractivity contribution in [2.24, 2.45) is 7.05 Å². The predicted molar refractivity (Wildman–Crippen MR) is 121 cm³/mol. The molecule has 3 heterocycles. The van der Waals surface area contributed by atoms with E-state index in [1.165, 1.54) is 27.4 Å². The van der Waals surface area contributed by atoms with Crippen molar-refractivity contribution < 1.29 is 12.8 Å². The first-order valence-corrected chi connectivity index (χ1v) is 12.0. The molecular weight excluding hydrogens is 445 g/mol. The SMILES string of the molecule is Cc1cc2c(cnn2-c2ccc(F)cc2)cc1C1CN(S(=O)(=O)c2cnn(C)n2)CC(C)N1. The summed E-state index contributed by atoms with van der Waals surface area (Å²) in [6, 6.07) is 10.0. The normalized spacial score (nSPS) is 19.9. The molecule has 0 spiro atoms. The molecule has 1 aliphatic rings. The van der Waals surface area contributed by atoms with Gasteiger partial charge < -0.3 is 5.32 Å². The van der Waals surface area contributed by atoms with Gasteiger partial charge in [0.15, 0.2) is 0 Å². The van der Waals surface area contributed by atoms with E-state index in [-0.39, 0.29) is 29.5 Å². The van der Waals surface area contributed by atoms with Gasteiger partial charge in [-0.1, -0.05) is 0 Å². The van der Waals surface area contributed by atoms with E-state index in [2.05, 4.69) is 20.6 Å². The van der Waals surface area contributed by atoms with Crippen molar-refractivity contribution in [2.45, 2.75) is 31.0 Å². The van der Waals surface area contributed by atoms with Crippen molar-refractivity contribution in [1.82, 2.24) is 34.4 Å². The molecule has 2 atom stereocenters. The third-order valence-corrected chi connectivity index (χ3v) is 7.63. The molecule has 0 saturated carbocycles.